The van der Waals surface area contributed by atoms with Crippen molar-refractivity contribution in [3.63, 3.8) is 0 Å². The minimum atomic E-state index is 0. The fraction of sp³-hybridized carbons (Fsp3) is 0.667. The monoisotopic (exact) mass is 380 g/mol. The van der Waals surface area contributed by atoms with Gasteiger partial charge in [0.1, 0.15) is 5.75 Å². The molecule has 0 radical (unpaired) electrons. The molecule has 0 aliphatic carbocycles. The first kappa shape index (κ1) is 21.0. The number of nitrogens with one attached hydrogen (secondary N) is 1. The van der Waals surface area contributed by atoms with E-state index in [1.807, 2.05) is 12.1 Å². The molecule has 2 heterocycles. The third kappa shape index (κ3) is 6.17. The summed E-state index contributed by atoms with van der Waals surface area (Å²) in [5, 5.41) is 3.38. The van der Waals surface area contributed by atoms with Crippen molar-refractivity contribution in [1.29, 1.82) is 0 Å². The van der Waals surface area contributed by atoms with Crippen molar-refractivity contribution in [2.45, 2.75) is 44.9 Å². The first-order valence-electron chi connectivity index (χ1n) is 9.86. The molecule has 2 saturated heterocycles. The van der Waals surface area contributed by atoms with Crippen molar-refractivity contribution >= 4 is 18.3 Å². The van der Waals surface area contributed by atoms with Gasteiger partial charge < -0.3 is 15.0 Å². The summed E-state index contributed by atoms with van der Waals surface area (Å²) in [7, 11) is 1.70. The molecule has 0 bridgehead atoms. The van der Waals surface area contributed by atoms with Crippen molar-refractivity contribution < 1.29 is 9.53 Å². The average molecular weight is 381 g/mol. The summed E-state index contributed by atoms with van der Waals surface area (Å²) in [4.78, 5) is 14.5. The predicted octanol–water partition coefficient (Wildman–Crippen LogP) is 3.68. The maximum Gasteiger partial charge on any atom is 0.222 e. The van der Waals surface area contributed by atoms with Crippen LogP contribution in [-0.4, -0.2) is 44.1 Å². The number of carbonyl (C=O) groups is 1. The van der Waals surface area contributed by atoms with Crippen LogP contribution in [0.3, 0.4) is 0 Å². The number of carbonyl (C=O) groups excluding carboxylic acids is 1. The number of hydrogen-bond donors (Lipinski definition) is 1. The lowest BCUT2D eigenvalue weighted by molar-refractivity contribution is -0.132. The van der Waals surface area contributed by atoms with Gasteiger partial charge in [-0.3, -0.25) is 4.79 Å². The highest BCUT2D eigenvalue weighted by Gasteiger charge is 2.23. The van der Waals surface area contributed by atoms with Gasteiger partial charge in [-0.05, 0) is 81.1 Å². The van der Waals surface area contributed by atoms with Crippen molar-refractivity contribution in [2.24, 2.45) is 11.8 Å². The standard InChI is InChI=1S/C21H32N2O2.ClH/c1-25-20-7-4-17(5-8-20)2-3-18-11-14-23(15-12-18)21(24)9-6-19-10-13-22-16-19;/h4-5,7-8,18-19,22H,2-3,6,9-16H2,1H3;1H. The molecular formula is C21H33ClN2O2. The molecule has 2 fully saturated rings. The van der Waals surface area contributed by atoms with Gasteiger partial charge in [0.05, 0.1) is 7.11 Å². The van der Waals surface area contributed by atoms with Crippen molar-refractivity contribution in [2.75, 3.05) is 33.3 Å². The van der Waals surface area contributed by atoms with Crippen molar-refractivity contribution in [3.05, 3.63) is 29.8 Å². The van der Waals surface area contributed by atoms with E-state index < -0.39 is 0 Å². The van der Waals surface area contributed by atoms with Crippen LogP contribution in [0.5, 0.6) is 5.75 Å². The van der Waals surface area contributed by atoms with Crippen LogP contribution in [-0.2, 0) is 11.2 Å². The highest BCUT2D eigenvalue weighted by molar-refractivity contribution is 5.85. The Hall–Kier alpha value is -1.26. The van der Waals surface area contributed by atoms with E-state index in [-0.39, 0.29) is 12.4 Å². The summed E-state index contributed by atoms with van der Waals surface area (Å²) in [5.41, 5.74) is 1.38. The smallest absolute Gasteiger partial charge is 0.222 e. The number of aryl methyl sites for hydroxylation is 1. The molecule has 146 valence electrons. The Morgan fingerprint density at radius 3 is 2.46 bits per heavy atom. The second-order valence-electron chi connectivity index (χ2n) is 7.61. The Morgan fingerprint density at radius 1 is 1.12 bits per heavy atom. The lowest BCUT2D eigenvalue weighted by atomic mass is 9.90. The van der Waals surface area contributed by atoms with E-state index in [0.29, 0.717) is 11.8 Å². The number of halogens is 1. The van der Waals surface area contributed by atoms with E-state index in [9.17, 15) is 4.79 Å². The van der Waals surface area contributed by atoms with Crippen molar-refractivity contribution in [1.82, 2.24) is 10.2 Å². The van der Waals surface area contributed by atoms with Gasteiger partial charge in [0.25, 0.3) is 0 Å². The Kier molecular flexibility index (Phi) is 8.73. The Bertz CT molecular complexity index is 535. The second-order valence-corrected chi connectivity index (χ2v) is 7.61. The number of benzene rings is 1. The third-order valence-electron chi connectivity index (χ3n) is 5.90. The topological polar surface area (TPSA) is 41.6 Å². The molecule has 1 aromatic rings. The number of ether oxygens (including phenoxy) is 1. The van der Waals surface area contributed by atoms with Gasteiger partial charge in [-0.1, -0.05) is 12.1 Å². The molecule has 0 spiro atoms. The molecule has 2 aliphatic heterocycles. The lowest BCUT2D eigenvalue weighted by Gasteiger charge is -2.32. The van der Waals surface area contributed by atoms with E-state index >= 15 is 0 Å². The van der Waals surface area contributed by atoms with Crippen LogP contribution in [0.15, 0.2) is 24.3 Å². The molecule has 26 heavy (non-hydrogen) atoms. The largest absolute Gasteiger partial charge is 0.497 e. The van der Waals surface area contributed by atoms with E-state index in [4.69, 9.17) is 4.74 Å². The first-order valence-corrected chi connectivity index (χ1v) is 9.86. The molecule has 0 aromatic heterocycles. The van der Waals surface area contributed by atoms with Crippen LogP contribution in [0.25, 0.3) is 0 Å². The van der Waals surface area contributed by atoms with Gasteiger partial charge in [-0.25, -0.2) is 0 Å². The number of methoxy groups -OCH3 is 1. The normalized spacial score (nSPS) is 20.7. The number of likely N-dealkylation sites (tertiary alicyclic amines) is 1. The molecule has 1 unspecified atom stereocenters. The Balaban J connectivity index is 0.00000243. The quantitative estimate of drug-likeness (QED) is 0.784. The van der Waals surface area contributed by atoms with E-state index in [0.717, 1.165) is 70.0 Å². The van der Waals surface area contributed by atoms with Gasteiger partial charge in [-0.15, -0.1) is 12.4 Å². The summed E-state index contributed by atoms with van der Waals surface area (Å²) in [6.45, 7) is 4.13. The molecule has 1 aromatic carbocycles. The van der Waals surface area contributed by atoms with Crippen LogP contribution < -0.4 is 10.1 Å². The van der Waals surface area contributed by atoms with Gasteiger partial charge in [0, 0.05) is 19.5 Å². The fourth-order valence-corrected chi connectivity index (χ4v) is 4.08. The van der Waals surface area contributed by atoms with E-state index in [1.54, 1.807) is 7.11 Å². The maximum absolute atomic E-state index is 12.4. The Labute approximate surface area is 164 Å². The molecule has 0 saturated carbocycles. The molecule has 1 amide bonds. The van der Waals surface area contributed by atoms with Crippen LogP contribution >= 0.6 is 12.4 Å². The van der Waals surface area contributed by atoms with Gasteiger partial charge >= 0.3 is 0 Å². The summed E-state index contributed by atoms with van der Waals surface area (Å²) in [5.74, 6) is 2.76. The average Bonchev–Trinajstić information content (AvgIpc) is 3.19. The van der Waals surface area contributed by atoms with E-state index in [2.05, 4.69) is 22.3 Å². The zero-order chi connectivity index (χ0) is 17.5. The molecule has 1 N–H and O–H groups in total. The summed E-state index contributed by atoms with van der Waals surface area (Å²) in [6.07, 6.45) is 7.70. The molecule has 2 aliphatic rings. The number of rotatable bonds is 7. The van der Waals surface area contributed by atoms with Crippen LogP contribution in [0, 0.1) is 11.8 Å². The molecule has 5 heteroatoms. The second kappa shape index (κ2) is 10.8. The number of amides is 1. The lowest BCUT2D eigenvalue weighted by Crippen LogP contribution is -2.38. The highest BCUT2D eigenvalue weighted by atomic mass is 35.5. The van der Waals surface area contributed by atoms with Crippen LogP contribution in [0.1, 0.15) is 44.1 Å². The minimum absolute atomic E-state index is 0. The molecular weight excluding hydrogens is 348 g/mol. The summed E-state index contributed by atoms with van der Waals surface area (Å²) < 4.78 is 5.21. The SMILES string of the molecule is COc1ccc(CCC2CCN(C(=O)CCC3CCNC3)CC2)cc1.Cl. The van der Waals surface area contributed by atoms with Gasteiger partial charge in [0.2, 0.25) is 5.91 Å². The maximum atomic E-state index is 12.4. The molecule has 4 nitrogen and oxygen atoms in total. The third-order valence-corrected chi connectivity index (χ3v) is 5.90. The molecule has 3 rings (SSSR count). The highest BCUT2D eigenvalue weighted by Crippen LogP contribution is 2.24. The number of nitrogens with zero attached hydrogens (tertiary/aromatic N) is 1. The number of piperidine rings is 1. The van der Waals surface area contributed by atoms with Crippen LogP contribution in [0.4, 0.5) is 0 Å². The minimum Gasteiger partial charge on any atom is -0.497 e. The summed E-state index contributed by atoms with van der Waals surface area (Å²) in [6, 6.07) is 8.40. The summed E-state index contributed by atoms with van der Waals surface area (Å²) >= 11 is 0. The zero-order valence-corrected chi connectivity index (χ0v) is 16.7. The fourth-order valence-electron chi connectivity index (χ4n) is 4.08. The van der Waals surface area contributed by atoms with E-state index in [1.165, 1.54) is 18.4 Å². The van der Waals surface area contributed by atoms with Gasteiger partial charge in [-0.2, -0.15) is 0 Å². The van der Waals surface area contributed by atoms with Crippen molar-refractivity contribution in [3.8, 4) is 5.75 Å². The molecule has 1 atom stereocenters. The first-order chi connectivity index (χ1) is 12.2. The number of hydrogen-bond acceptors (Lipinski definition) is 3. The predicted molar refractivity (Wildman–Crippen MR) is 108 cm³/mol. The Morgan fingerprint density at radius 2 is 1.85 bits per heavy atom. The zero-order valence-electron chi connectivity index (χ0n) is 15.9. The van der Waals surface area contributed by atoms with Gasteiger partial charge in [0.15, 0.2) is 0 Å². The van der Waals surface area contributed by atoms with Crippen LogP contribution in [0.2, 0.25) is 0 Å².